The van der Waals surface area contributed by atoms with Crippen LogP contribution < -0.4 is 10.6 Å². The molecule has 25 heavy (non-hydrogen) atoms. The van der Waals surface area contributed by atoms with Gasteiger partial charge in [-0.2, -0.15) is 5.10 Å². The maximum Gasteiger partial charge on any atom is 0.191 e. The molecule has 0 atom stereocenters. The number of nitrogens with zero attached hydrogens (tertiary/aromatic N) is 4. The molecule has 1 aliphatic heterocycles. The summed E-state index contributed by atoms with van der Waals surface area (Å²) in [5.74, 6) is 0.864. The van der Waals surface area contributed by atoms with Crippen molar-refractivity contribution >= 4 is 5.96 Å². The monoisotopic (exact) mass is 340 g/mol. The number of benzene rings is 1. The van der Waals surface area contributed by atoms with E-state index in [1.54, 1.807) is 0 Å². The Balaban J connectivity index is 1.42. The van der Waals surface area contributed by atoms with Crippen molar-refractivity contribution in [3.05, 3.63) is 53.9 Å². The molecule has 2 heterocycles. The van der Waals surface area contributed by atoms with Crippen LogP contribution in [0, 0.1) is 0 Å². The predicted molar refractivity (Wildman–Crippen MR) is 101 cm³/mol. The average Bonchev–Trinajstić information content (AvgIpc) is 3.06. The highest BCUT2D eigenvalue weighted by molar-refractivity contribution is 5.79. The third-order valence-electron chi connectivity index (χ3n) is 4.76. The van der Waals surface area contributed by atoms with Crippen LogP contribution in [0.4, 0.5) is 0 Å². The Hall–Kier alpha value is -2.34. The van der Waals surface area contributed by atoms with Crippen molar-refractivity contribution in [3.8, 4) is 0 Å². The van der Waals surface area contributed by atoms with E-state index in [4.69, 9.17) is 0 Å². The molecule has 6 heteroatoms. The van der Waals surface area contributed by atoms with Crippen molar-refractivity contribution in [3.63, 3.8) is 0 Å². The van der Waals surface area contributed by atoms with Gasteiger partial charge in [-0.05, 0) is 24.5 Å². The van der Waals surface area contributed by atoms with E-state index < -0.39 is 0 Å². The van der Waals surface area contributed by atoms with Crippen LogP contribution >= 0.6 is 0 Å². The smallest absolute Gasteiger partial charge is 0.191 e. The van der Waals surface area contributed by atoms with Gasteiger partial charge in [0.25, 0.3) is 0 Å². The fourth-order valence-electron chi connectivity index (χ4n) is 3.21. The number of piperidine rings is 1. The van der Waals surface area contributed by atoms with Crippen LogP contribution in [0.15, 0.2) is 47.6 Å². The van der Waals surface area contributed by atoms with E-state index >= 15 is 0 Å². The first-order valence-electron chi connectivity index (χ1n) is 8.95. The quantitative estimate of drug-likeness (QED) is 0.643. The molecule has 1 fully saturated rings. The van der Waals surface area contributed by atoms with Gasteiger partial charge in [-0.1, -0.05) is 30.3 Å². The summed E-state index contributed by atoms with van der Waals surface area (Å²) in [6.07, 6.45) is 4.09. The third kappa shape index (κ3) is 5.06. The molecular weight excluding hydrogens is 312 g/mol. The van der Waals surface area contributed by atoms with Gasteiger partial charge < -0.3 is 10.6 Å². The van der Waals surface area contributed by atoms with Crippen LogP contribution in [0.5, 0.6) is 0 Å². The highest BCUT2D eigenvalue weighted by Crippen LogP contribution is 2.13. The first kappa shape index (κ1) is 17.5. The second-order valence-corrected chi connectivity index (χ2v) is 6.55. The molecule has 1 saturated heterocycles. The van der Waals surface area contributed by atoms with Crippen molar-refractivity contribution < 1.29 is 0 Å². The van der Waals surface area contributed by atoms with Crippen LogP contribution in [0.1, 0.15) is 24.1 Å². The summed E-state index contributed by atoms with van der Waals surface area (Å²) in [5, 5.41) is 11.1. The maximum atomic E-state index is 4.35. The molecular formula is C19H28N6. The SMILES string of the molecule is CN=C(NCc1ccnn1C)NC1CCN(Cc2ccccc2)CC1. The lowest BCUT2D eigenvalue weighted by molar-refractivity contribution is 0.198. The molecule has 1 aromatic carbocycles. The van der Waals surface area contributed by atoms with Gasteiger partial charge in [-0.15, -0.1) is 0 Å². The van der Waals surface area contributed by atoms with E-state index in [9.17, 15) is 0 Å². The summed E-state index contributed by atoms with van der Waals surface area (Å²) in [5.41, 5.74) is 2.53. The van der Waals surface area contributed by atoms with Gasteiger partial charge in [0.2, 0.25) is 0 Å². The number of nitrogens with one attached hydrogen (secondary N) is 2. The van der Waals surface area contributed by atoms with Crippen molar-refractivity contribution in [2.75, 3.05) is 20.1 Å². The number of hydrogen-bond donors (Lipinski definition) is 2. The minimum absolute atomic E-state index is 0.477. The van der Waals surface area contributed by atoms with Crippen LogP contribution in [-0.2, 0) is 20.1 Å². The Morgan fingerprint density at radius 2 is 1.96 bits per heavy atom. The molecule has 1 aliphatic rings. The third-order valence-corrected chi connectivity index (χ3v) is 4.76. The van der Waals surface area contributed by atoms with Gasteiger partial charge in [0.15, 0.2) is 5.96 Å². The Labute approximate surface area is 149 Å². The summed E-state index contributed by atoms with van der Waals surface area (Å²) < 4.78 is 1.88. The van der Waals surface area contributed by atoms with Gasteiger partial charge >= 0.3 is 0 Å². The lowest BCUT2D eigenvalue weighted by atomic mass is 10.0. The fourth-order valence-corrected chi connectivity index (χ4v) is 3.21. The molecule has 2 N–H and O–H groups in total. The highest BCUT2D eigenvalue weighted by atomic mass is 15.3. The number of rotatable bonds is 5. The molecule has 0 amide bonds. The Morgan fingerprint density at radius 1 is 1.20 bits per heavy atom. The van der Waals surface area contributed by atoms with Gasteiger partial charge in [0.1, 0.15) is 0 Å². The van der Waals surface area contributed by atoms with Gasteiger partial charge in [0, 0.05) is 46.0 Å². The molecule has 0 radical (unpaired) electrons. The van der Waals surface area contributed by atoms with Crippen molar-refractivity contribution in [2.45, 2.75) is 32.0 Å². The van der Waals surface area contributed by atoms with Crippen molar-refractivity contribution in [2.24, 2.45) is 12.0 Å². The van der Waals surface area contributed by atoms with Crippen LogP contribution in [-0.4, -0.2) is 46.8 Å². The first-order valence-corrected chi connectivity index (χ1v) is 8.95. The number of likely N-dealkylation sites (tertiary alicyclic amines) is 1. The summed E-state index contributed by atoms with van der Waals surface area (Å²) in [7, 11) is 3.78. The van der Waals surface area contributed by atoms with Crippen LogP contribution in [0.3, 0.4) is 0 Å². The molecule has 6 nitrogen and oxygen atoms in total. The molecule has 1 aromatic heterocycles. The summed E-state index contributed by atoms with van der Waals surface area (Å²) >= 11 is 0. The second kappa shape index (κ2) is 8.67. The molecule has 2 aromatic rings. The lowest BCUT2D eigenvalue weighted by Crippen LogP contribution is -2.48. The van der Waals surface area contributed by atoms with Gasteiger partial charge in [-0.25, -0.2) is 0 Å². The predicted octanol–water partition coefficient (Wildman–Crippen LogP) is 1.75. The lowest BCUT2D eigenvalue weighted by Gasteiger charge is -2.33. The van der Waals surface area contributed by atoms with Crippen LogP contribution in [0.25, 0.3) is 0 Å². The molecule has 134 valence electrons. The molecule has 3 rings (SSSR count). The minimum atomic E-state index is 0.477. The largest absolute Gasteiger partial charge is 0.354 e. The number of hydrogen-bond acceptors (Lipinski definition) is 3. The van der Waals surface area contributed by atoms with E-state index in [2.05, 4.69) is 56.0 Å². The van der Waals surface area contributed by atoms with Gasteiger partial charge in [0.05, 0.1) is 12.2 Å². The Morgan fingerprint density at radius 3 is 2.60 bits per heavy atom. The molecule has 0 spiro atoms. The highest BCUT2D eigenvalue weighted by Gasteiger charge is 2.20. The number of guanidine groups is 1. The van der Waals surface area contributed by atoms with Crippen molar-refractivity contribution in [1.82, 2.24) is 25.3 Å². The molecule has 0 aliphatic carbocycles. The van der Waals surface area contributed by atoms with Gasteiger partial charge in [-0.3, -0.25) is 14.6 Å². The molecule has 0 bridgehead atoms. The standard InChI is InChI=1S/C19H28N6/c1-20-19(21-14-18-8-11-22-24(18)2)23-17-9-12-25(13-10-17)15-16-6-4-3-5-7-16/h3-8,11,17H,9-10,12-15H2,1-2H3,(H2,20,21,23). The molecule has 0 unspecified atom stereocenters. The van der Waals surface area contributed by atoms with Crippen molar-refractivity contribution in [1.29, 1.82) is 0 Å². The van der Waals surface area contributed by atoms with E-state index in [1.165, 1.54) is 5.56 Å². The zero-order valence-electron chi connectivity index (χ0n) is 15.2. The summed E-state index contributed by atoms with van der Waals surface area (Å²) in [6, 6.07) is 13.2. The molecule has 0 saturated carbocycles. The topological polar surface area (TPSA) is 57.5 Å². The Bertz CT molecular complexity index is 670. The number of aliphatic imine (C=N–C) groups is 1. The van der Waals surface area contributed by atoms with Crippen LogP contribution in [0.2, 0.25) is 0 Å². The average molecular weight is 340 g/mol. The number of aromatic nitrogens is 2. The Kier molecular flexibility index (Phi) is 6.06. The van der Waals surface area contributed by atoms with E-state index in [0.717, 1.165) is 50.7 Å². The zero-order valence-corrected chi connectivity index (χ0v) is 15.2. The summed E-state index contributed by atoms with van der Waals surface area (Å²) in [4.78, 5) is 6.88. The van der Waals surface area contributed by atoms with E-state index in [0.29, 0.717) is 6.04 Å². The zero-order chi connectivity index (χ0) is 17.5. The fraction of sp³-hybridized carbons (Fsp3) is 0.474. The summed E-state index contributed by atoms with van der Waals surface area (Å²) in [6.45, 7) is 4.00. The number of aryl methyl sites for hydroxylation is 1. The first-order chi connectivity index (χ1) is 12.2. The van der Waals surface area contributed by atoms with E-state index in [-0.39, 0.29) is 0 Å². The minimum Gasteiger partial charge on any atom is -0.354 e. The maximum absolute atomic E-state index is 4.35. The van der Waals surface area contributed by atoms with E-state index in [1.807, 2.05) is 31.0 Å². The second-order valence-electron chi connectivity index (χ2n) is 6.55. The normalized spacial score (nSPS) is 16.8.